The molecule has 0 rings (SSSR count). The lowest BCUT2D eigenvalue weighted by Gasteiger charge is -2.19. The third-order valence-electron chi connectivity index (χ3n) is 15.9. The first-order valence-electron chi connectivity index (χ1n) is 33.7. The van der Waals surface area contributed by atoms with E-state index in [1.165, 1.54) is 321 Å². The third-order valence-corrected chi connectivity index (χ3v) is 15.9. The summed E-state index contributed by atoms with van der Waals surface area (Å²) in [5.41, 5.74) is 0. The molecule has 0 saturated carbocycles. The van der Waals surface area contributed by atoms with E-state index in [-0.39, 0.29) is 12.5 Å². The van der Waals surface area contributed by atoms with E-state index in [9.17, 15) is 15.0 Å². The molecular weight excluding hydrogens is 891 g/mol. The maximum Gasteiger partial charge on any atom is 0.220 e. The van der Waals surface area contributed by atoms with Crippen molar-refractivity contribution < 1.29 is 15.0 Å². The highest BCUT2D eigenvalue weighted by molar-refractivity contribution is 5.76. The van der Waals surface area contributed by atoms with Gasteiger partial charge in [0.05, 0.1) is 18.8 Å². The van der Waals surface area contributed by atoms with Crippen molar-refractivity contribution in [1.29, 1.82) is 0 Å². The van der Waals surface area contributed by atoms with E-state index >= 15 is 0 Å². The van der Waals surface area contributed by atoms with Crippen LogP contribution < -0.4 is 5.32 Å². The number of hydrogen-bond donors (Lipinski definition) is 3. The van der Waals surface area contributed by atoms with E-state index in [2.05, 4.69) is 43.5 Å². The number of aliphatic hydroxyl groups is 2. The Balaban J connectivity index is 3.47. The smallest absolute Gasteiger partial charge is 0.220 e. The Kier molecular flexibility index (Phi) is 63.7. The zero-order valence-electron chi connectivity index (χ0n) is 49.9. The van der Waals surface area contributed by atoms with Crippen LogP contribution in [-0.2, 0) is 4.79 Å². The number of carbonyl (C=O) groups excluding carboxylic acids is 1. The van der Waals surface area contributed by atoms with Crippen LogP contribution in [0.3, 0.4) is 0 Å². The molecule has 0 aromatic carbocycles. The molecule has 0 saturated heterocycles. The first-order chi connectivity index (χ1) is 36.2. The van der Waals surface area contributed by atoms with Crippen LogP contribution >= 0.6 is 0 Å². The van der Waals surface area contributed by atoms with Crippen molar-refractivity contribution in [3.63, 3.8) is 0 Å². The van der Waals surface area contributed by atoms with Crippen molar-refractivity contribution in [2.24, 2.45) is 0 Å². The van der Waals surface area contributed by atoms with Gasteiger partial charge >= 0.3 is 0 Å². The number of amides is 1. The van der Waals surface area contributed by atoms with Crippen LogP contribution in [-0.4, -0.2) is 34.9 Å². The second-order valence-electron chi connectivity index (χ2n) is 23.2. The summed E-state index contributed by atoms with van der Waals surface area (Å²) in [4.78, 5) is 12.5. The van der Waals surface area contributed by atoms with Gasteiger partial charge in [-0.25, -0.2) is 0 Å². The van der Waals surface area contributed by atoms with Gasteiger partial charge < -0.3 is 15.5 Å². The predicted molar refractivity (Wildman–Crippen MR) is 327 cm³/mol. The molecule has 73 heavy (non-hydrogen) atoms. The van der Waals surface area contributed by atoms with Crippen molar-refractivity contribution in [2.45, 2.75) is 392 Å². The van der Waals surface area contributed by atoms with Gasteiger partial charge in [-0.05, 0) is 44.9 Å². The number of unbranched alkanes of at least 4 members (excludes halogenated alkanes) is 52. The molecule has 2 unspecified atom stereocenters. The molecule has 0 fully saturated rings. The van der Waals surface area contributed by atoms with Gasteiger partial charge in [0, 0.05) is 6.42 Å². The highest BCUT2D eigenvalue weighted by Gasteiger charge is 2.18. The number of allylic oxidation sites excluding steroid dienone is 5. The van der Waals surface area contributed by atoms with E-state index in [0.29, 0.717) is 6.42 Å². The molecule has 0 aliphatic heterocycles. The minimum atomic E-state index is -0.870. The van der Waals surface area contributed by atoms with E-state index < -0.39 is 12.1 Å². The van der Waals surface area contributed by atoms with Crippen molar-refractivity contribution >= 4 is 5.91 Å². The lowest BCUT2D eigenvalue weighted by atomic mass is 10.0. The molecule has 2 atom stereocenters. The highest BCUT2D eigenvalue weighted by atomic mass is 16.3. The zero-order valence-corrected chi connectivity index (χ0v) is 49.9. The third kappa shape index (κ3) is 61.3. The molecule has 0 bridgehead atoms. The largest absolute Gasteiger partial charge is 0.394 e. The lowest BCUT2D eigenvalue weighted by Crippen LogP contribution is -2.45. The fraction of sp³-hybridized carbons (Fsp3) is 0.899. The van der Waals surface area contributed by atoms with Crippen LogP contribution in [0.2, 0.25) is 0 Å². The van der Waals surface area contributed by atoms with Gasteiger partial charge in [-0.1, -0.05) is 365 Å². The van der Waals surface area contributed by atoms with Gasteiger partial charge in [-0.3, -0.25) is 4.79 Å². The SMILES string of the molecule is CCCCCCCCCCCCCCCCCCCCCCCCC/C=C/CC/C=C/CC/C=C/C(O)C(CO)NC(=O)CCCCCCCCCCCCCCCCCCCCCCCCCCCCCC. The molecule has 4 nitrogen and oxygen atoms in total. The number of carbonyl (C=O) groups is 1. The fourth-order valence-electron chi connectivity index (χ4n) is 10.7. The van der Waals surface area contributed by atoms with Gasteiger partial charge in [0.25, 0.3) is 0 Å². The Labute approximate surface area is 459 Å². The van der Waals surface area contributed by atoms with Gasteiger partial charge in [0.1, 0.15) is 0 Å². The molecule has 0 heterocycles. The second-order valence-corrected chi connectivity index (χ2v) is 23.2. The van der Waals surface area contributed by atoms with E-state index in [1.807, 2.05) is 6.08 Å². The Morgan fingerprint density at radius 2 is 0.534 bits per heavy atom. The average Bonchev–Trinajstić information content (AvgIpc) is 3.40. The normalized spacial score (nSPS) is 12.9. The maximum absolute atomic E-state index is 12.5. The first-order valence-corrected chi connectivity index (χ1v) is 33.7. The Morgan fingerprint density at radius 3 is 0.795 bits per heavy atom. The Morgan fingerprint density at radius 1 is 0.315 bits per heavy atom. The summed E-state index contributed by atoms with van der Waals surface area (Å²) >= 11 is 0. The lowest BCUT2D eigenvalue weighted by molar-refractivity contribution is -0.123. The van der Waals surface area contributed by atoms with Crippen LogP contribution in [0.1, 0.15) is 380 Å². The minimum Gasteiger partial charge on any atom is -0.394 e. The molecule has 0 aliphatic carbocycles. The molecule has 0 spiro atoms. The van der Waals surface area contributed by atoms with Crippen LogP contribution in [0.15, 0.2) is 36.5 Å². The van der Waals surface area contributed by atoms with Crippen LogP contribution in [0.25, 0.3) is 0 Å². The Bertz CT molecular complexity index is 1110. The number of aliphatic hydroxyl groups excluding tert-OH is 2. The number of rotatable bonds is 63. The van der Waals surface area contributed by atoms with Crippen LogP contribution in [0, 0.1) is 0 Å². The van der Waals surface area contributed by atoms with Gasteiger partial charge in [0.2, 0.25) is 5.91 Å². The Hall–Kier alpha value is -1.39. The zero-order chi connectivity index (χ0) is 52.7. The maximum atomic E-state index is 12.5. The fourth-order valence-corrected chi connectivity index (χ4v) is 10.7. The second kappa shape index (κ2) is 64.9. The van der Waals surface area contributed by atoms with Crippen LogP contribution in [0.5, 0.6) is 0 Å². The number of nitrogens with one attached hydrogen (secondary N) is 1. The summed E-state index contributed by atoms with van der Waals surface area (Å²) in [5.74, 6) is -0.0699. The summed E-state index contributed by atoms with van der Waals surface area (Å²) in [6.45, 7) is 4.34. The van der Waals surface area contributed by atoms with Crippen LogP contribution in [0.4, 0.5) is 0 Å². The summed E-state index contributed by atoms with van der Waals surface area (Å²) in [7, 11) is 0. The minimum absolute atomic E-state index is 0.0699. The van der Waals surface area contributed by atoms with Crippen molar-refractivity contribution in [3.05, 3.63) is 36.5 Å². The van der Waals surface area contributed by atoms with Gasteiger partial charge in [-0.15, -0.1) is 0 Å². The summed E-state index contributed by atoms with van der Waals surface area (Å²) in [6, 6.07) is -0.645. The standard InChI is InChI=1S/C69H133NO3/c1-3-5-7-9-11-13-15-17-19-21-23-25-27-29-31-33-34-35-36-37-38-40-42-44-46-48-50-52-54-56-58-60-62-64-68(72)67(66-71)70-69(73)65-63-61-59-57-55-53-51-49-47-45-43-41-39-32-30-28-26-24-22-20-18-16-14-12-10-8-6-4-2/h46,48,54,56,62,64,67-68,71-72H,3-45,47,49-53,55,57-61,63,65-66H2,1-2H3,(H,70,73)/b48-46+,56-54+,64-62+. The summed E-state index contributed by atoms with van der Waals surface area (Å²) < 4.78 is 0. The average molecular weight is 1020 g/mol. The topological polar surface area (TPSA) is 69.6 Å². The monoisotopic (exact) mass is 1020 g/mol. The molecule has 4 heteroatoms. The van der Waals surface area contributed by atoms with E-state index in [4.69, 9.17) is 0 Å². The van der Waals surface area contributed by atoms with Gasteiger partial charge in [0.15, 0.2) is 0 Å². The van der Waals surface area contributed by atoms with Crippen molar-refractivity contribution in [1.82, 2.24) is 5.32 Å². The van der Waals surface area contributed by atoms with Gasteiger partial charge in [-0.2, -0.15) is 0 Å². The summed E-state index contributed by atoms with van der Waals surface area (Å²) in [6.07, 6.45) is 89.5. The molecular formula is C69H133NO3. The highest BCUT2D eigenvalue weighted by Crippen LogP contribution is 2.19. The van der Waals surface area contributed by atoms with Crippen molar-refractivity contribution in [2.75, 3.05) is 6.61 Å². The molecule has 0 aliphatic rings. The predicted octanol–water partition coefficient (Wildman–Crippen LogP) is 22.8. The molecule has 0 aromatic rings. The molecule has 1 amide bonds. The molecule has 3 N–H and O–H groups in total. The van der Waals surface area contributed by atoms with E-state index in [1.54, 1.807) is 6.08 Å². The molecule has 0 aromatic heterocycles. The quantitative estimate of drug-likeness (QED) is 0.0420. The molecule has 0 radical (unpaired) electrons. The van der Waals surface area contributed by atoms with E-state index in [0.717, 1.165) is 38.5 Å². The first kappa shape index (κ1) is 71.6. The van der Waals surface area contributed by atoms with Crippen molar-refractivity contribution in [3.8, 4) is 0 Å². The molecule has 432 valence electrons. The summed E-state index contributed by atoms with van der Waals surface area (Å²) in [5, 5.41) is 23.2. The number of hydrogen-bond acceptors (Lipinski definition) is 3.